The van der Waals surface area contributed by atoms with E-state index in [0.717, 1.165) is 32.1 Å². The van der Waals surface area contributed by atoms with E-state index in [2.05, 4.69) is 17.4 Å². The van der Waals surface area contributed by atoms with Gasteiger partial charge in [-0.2, -0.15) is 0 Å². The summed E-state index contributed by atoms with van der Waals surface area (Å²) in [6.45, 7) is 2.83. The molecule has 1 atom stereocenters. The van der Waals surface area contributed by atoms with Crippen LogP contribution >= 0.6 is 0 Å². The van der Waals surface area contributed by atoms with Gasteiger partial charge in [-0.25, -0.2) is 0 Å². The summed E-state index contributed by atoms with van der Waals surface area (Å²) in [7, 11) is 0. The Labute approximate surface area is 131 Å². The molecule has 3 rings (SSSR count). The number of hydrogen-bond donors (Lipinski definition) is 1. The van der Waals surface area contributed by atoms with Gasteiger partial charge in [-0.05, 0) is 24.8 Å². The van der Waals surface area contributed by atoms with Crippen LogP contribution in [-0.4, -0.2) is 29.8 Å². The number of carbonyl (C=O) groups is 2. The predicted octanol–water partition coefficient (Wildman–Crippen LogP) is 2.44. The van der Waals surface area contributed by atoms with Crippen molar-refractivity contribution >= 4 is 11.8 Å². The third-order valence-electron chi connectivity index (χ3n) is 5.15. The van der Waals surface area contributed by atoms with E-state index in [0.29, 0.717) is 13.1 Å². The van der Waals surface area contributed by atoms with Crippen molar-refractivity contribution in [2.45, 2.75) is 44.6 Å². The third-order valence-corrected chi connectivity index (χ3v) is 5.15. The zero-order valence-electron chi connectivity index (χ0n) is 13.2. The van der Waals surface area contributed by atoms with Crippen LogP contribution in [0.25, 0.3) is 0 Å². The molecule has 1 aromatic carbocycles. The highest BCUT2D eigenvalue weighted by Gasteiger charge is 2.39. The summed E-state index contributed by atoms with van der Waals surface area (Å²) in [6.07, 6.45) is 5.09. The second-order valence-corrected chi connectivity index (χ2v) is 6.60. The van der Waals surface area contributed by atoms with Crippen LogP contribution in [0.5, 0.6) is 0 Å². The van der Waals surface area contributed by atoms with Crippen molar-refractivity contribution < 1.29 is 9.59 Å². The molecule has 118 valence electrons. The summed E-state index contributed by atoms with van der Waals surface area (Å²) in [5.74, 6) is 0.105. The van der Waals surface area contributed by atoms with Crippen LogP contribution in [0.15, 0.2) is 30.3 Å². The van der Waals surface area contributed by atoms with Crippen molar-refractivity contribution in [3.05, 3.63) is 35.9 Å². The van der Waals surface area contributed by atoms with Crippen molar-refractivity contribution in [1.82, 2.24) is 10.2 Å². The van der Waals surface area contributed by atoms with Crippen LogP contribution in [0.2, 0.25) is 0 Å². The number of rotatable bonds is 3. The summed E-state index contributed by atoms with van der Waals surface area (Å²) in [5, 5.41) is 3.33. The highest BCUT2D eigenvalue weighted by atomic mass is 16.2. The topological polar surface area (TPSA) is 49.4 Å². The molecule has 4 heteroatoms. The fourth-order valence-corrected chi connectivity index (χ4v) is 3.82. The van der Waals surface area contributed by atoms with Gasteiger partial charge in [-0.15, -0.1) is 0 Å². The molecule has 1 unspecified atom stereocenters. The normalized spacial score (nSPS) is 23.5. The maximum atomic E-state index is 12.7. The number of carbonyl (C=O) groups excluding carboxylic acids is 2. The van der Waals surface area contributed by atoms with E-state index in [4.69, 9.17) is 0 Å². The van der Waals surface area contributed by atoms with E-state index in [1.54, 1.807) is 11.8 Å². The van der Waals surface area contributed by atoms with Gasteiger partial charge in [0.1, 0.15) is 0 Å². The second-order valence-electron chi connectivity index (χ2n) is 6.60. The molecule has 1 aliphatic carbocycles. The van der Waals surface area contributed by atoms with Crippen LogP contribution in [0.4, 0.5) is 0 Å². The number of nitrogens with one attached hydrogen (secondary N) is 1. The van der Waals surface area contributed by atoms with Crippen LogP contribution in [0, 0.1) is 5.92 Å². The highest BCUT2D eigenvalue weighted by Crippen LogP contribution is 2.39. The average Bonchev–Trinajstić information content (AvgIpc) is 3.18. The summed E-state index contributed by atoms with van der Waals surface area (Å²) in [6, 6.07) is 10.3. The average molecular weight is 300 g/mol. The molecule has 0 bridgehead atoms. The fourth-order valence-electron chi connectivity index (χ4n) is 3.82. The van der Waals surface area contributed by atoms with E-state index in [9.17, 15) is 9.59 Å². The number of benzene rings is 1. The molecule has 2 amide bonds. The number of amides is 2. The van der Waals surface area contributed by atoms with Gasteiger partial charge in [0.15, 0.2) is 0 Å². The van der Waals surface area contributed by atoms with Gasteiger partial charge >= 0.3 is 0 Å². The minimum absolute atomic E-state index is 0.0638. The molecule has 1 aliphatic heterocycles. The molecule has 2 aliphatic rings. The lowest BCUT2D eigenvalue weighted by Crippen LogP contribution is -2.47. The summed E-state index contributed by atoms with van der Waals surface area (Å²) in [5.41, 5.74) is 1.00. The Morgan fingerprint density at radius 3 is 2.45 bits per heavy atom. The zero-order chi connectivity index (χ0) is 15.6. The molecular formula is C18H24N2O2. The van der Waals surface area contributed by atoms with E-state index in [-0.39, 0.29) is 23.3 Å². The van der Waals surface area contributed by atoms with Gasteiger partial charge in [0.05, 0.1) is 11.5 Å². The quantitative estimate of drug-likeness (QED) is 0.932. The molecule has 1 heterocycles. The molecule has 1 saturated heterocycles. The Bertz CT molecular complexity index is 549. The van der Waals surface area contributed by atoms with Crippen molar-refractivity contribution in [2.75, 3.05) is 13.1 Å². The Hall–Kier alpha value is -1.84. The zero-order valence-corrected chi connectivity index (χ0v) is 13.2. The van der Waals surface area contributed by atoms with Gasteiger partial charge in [0.2, 0.25) is 11.8 Å². The van der Waals surface area contributed by atoms with E-state index in [1.807, 2.05) is 18.2 Å². The molecule has 0 spiro atoms. The molecule has 1 aromatic rings. The molecule has 22 heavy (non-hydrogen) atoms. The van der Waals surface area contributed by atoms with Gasteiger partial charge in [-0.1, -0.05) is 43.2 Å². The molecular weight excluding hydrogens is 276 g/mol. The molecule has 2 fully saturated rings. The van der Waals surface area contributed by atoms with E-state index < -0.39 is 0 Å². The minimum Gasteiger partial charge on any atom is -0.346 e. The van der Waals surface area contributed by atoms with Crippen LogP contribution in [0.1, 0.15) is 44.6 Å². The summed E-state index contributed by atoms with van der Waals surface area (Å²) in [4.78, 5) is 25.9. The lowest BCUT2D eigenvalue weighted by Gasteiger charge is -2.32. The van der Waals surface area contributed by atoms with Crippen molar-refractivity contribution in [2.24, 2.45) is 5.92 Å². The molecule has 0 radical (unpaired) electrons. The molecule has 1 N–H and O–H groups in total. The van der Waals surface area contributed by atoms with Crippen molar-refractivity contribution in [1.29, 1.82) is 0 Å². The molecule has 0 aromatic heterocycles. The Morgan fingerprint density at radius 2 is 1.86 bits per heavy atom. The summed E-state index contributed by atoms with van der Waals surface area (Å²) < 4.78 is 0. The third kappa shape index (κ3) is 2.87. The summed E-state index contributed by atoms with van der Waals surface area (Å²) >= 11 is 0. The first-order chi connectivity index (χ1) is 10.6. The second kappa shape index (κ2) is 6.11. The lowest BCUT2D eigenvalue weighted by atomic mass is 9.87. The first-order valence-electron chi connectivity index (χ1n) is 8.24. The first-order valence-corrected chi connectivity index (χ1v) is 8.24. The van der Waals surface area contributed by atoms with Crippen LogP contribution in [0.3, 0.4) is 0 Å². The first kappa shape index (κ1) is 15.1. The molecule has 4 nitrogen and oxygen atoms in total. The fraction of sp³-hybridized carbons (Fsp3) is 0.556. The Balaban J connectivity index is 1.72. The van der Waals surface area contributed by atoms with E-state index in [1.165, 1.54) is 5.56 Å². The number of hydrogen-bond acceptors (Lipinski definition) is 2. The standard InChI is InChI=1S/C18H24N2O2/c1-14(21)20-12-9-15(13-20)17(22)19-18(10-5-6-11-18)16-7-3-2-4-8-16/h2-4,7-8,15H,5-6,9-13H2,1H3,(H,19,22). The van der Waals surface area contributed by atoms with Gasteiger partial charge in [0.25, 0.3) is 0 Å². The predicted molar refractivity (Wildman–Crippen MR) is 85.1 cm³/mol. The number of likely N-dealkylation sites (tertiary alicyclic amines) is 1. The maximum absolute atomic E-state index is 12.7. The Morgan fingerprint density at radius 1 is 1.18 bits per heavy atom. The van der Waals surface area contributed by atoms with E-state index >= 15 is 0 Å². The SMILES string of the molecule is CC(=O)N1CCC(C(=O)NC2(c3ccccc3)CCCC2)C1. The Kier molecular flexibility index (Phi) is 4.19. The van der Waals surface area contributed by atoms with Gasteiger partial charge in [-0.3, -0.25) is 9.59 Å². The van der Waals surface area contributed by atoms with Gasteiger partial charge < -0.3 is 10.2 Å². The maximum Gasteiger partial charge on any atom is 0.225 e. The van der Waals surface area contributed by atoms with Crippen LogP contribution < -0.4 is 5.32 Å². The number of nitrogens with zero attached hydrogens (tertiary/aromatic N) is 1. The monoisotopic (exact) mass is 300 g/mol. The smallest absolute Gasteiger partial charge is 0.225 e. The van der Waals surface area contributed by atoms with Crippen molar-refractivity contribution in [3.8, 4) is 0 Å². The largest absolute Gasteiger partial charge is 0.346 e. The van der Waals surface area contributed by atoms with Crippen LogP contribution in [-0.2, 0) is 15.1 Å². The van der Waals surface area contributed by atoms with Crippen molar-refractivity contribution in [3.63, 3.8) is 0 Å². The lowest BCUT2D eigenvalue weighted by molar-refractivity contribution is -0.129. The van der Waals surface area contributed by atoms with Gasteiger partial charge in [0, 0.05) is 20.0 Å². The molecule has 1 saturated carbocycles. The minimum atomic E-state index is -0.206. The highest BCUT2D eigenvalue weighted by molar-refractivity contribution is 5.82.